The topological polar surface area (TPSA) is 12.9 Å². The largest absolute Gasteiger partial charge is 0.248 e. The van der Waals surface area contributed by atoms with Crippen LogP contribution >= 0.6 is 11.6 Å². The number of fused-ring (bicyclic) bond motifs is 2. The number of para-hydroxylation sites is 1. The maximum atomic E-state index is 6.42. The summed E-state index contributed by atoms with van der Waals surface area (Å²) in [5.41, 5.74) is 2.95. The number of hydrogen-bond donors (Lipinski definition) is 0. The summed E-state index contributed by atoms with van der Waals surface area (Å²) < 4.78 is 0. The van der Waals surface area contributed by atoms with Crippen LogP contribution in [0.1, 0.15) is 0 Å². The Morgan fingerprint density at radius 2 is 1.43 bits per heavy atom. The molecule has 0 aliphatic rings. The molecule has 100 valence electrons. The molecule has 0 fully saturated rings. The molecule has 0 atom stereocenters. The number of benzene rings is 3. The van der Waals surface area contributed by atoms with Crippen LogP contribution in [0.15, 0.2) is 72.8 Å². The fourth-order valence-electron chi connectivity index (χ4n) is 2.72. The van der Waals surface area contributed by atoms with Crippen LogP contribution in [-0.2, 0) is 0 Å². The van der Waals surface area contributed by atoms with Crippen molar-refractivity contribution in [2.45, 2.75) is 0 Å². The van der Waals surface area contributed by atoms with Crippen molar-refractivity contribution in [2.24, 2.45) is 0 Å². The van der Waals surface area contributed by atoms with Crippen LogP contribution in [0.4, 0.5) is 0 Å². The van der Waals surface area contributed by atoms with Crippen LogP contribution in [0.5, 0.6) is 0 Å². The molecular weight excluding hydrogens is 278 g/mol. The lowest BCUT2D eigenvalue weighted by molar-refractivity contribution is 1.41. The molecule has 0 saturated heterocycles. The second-order valence-electron chi connectivity index (χ2n) is 5.03. The summed E-state index contributed by atoms with van der Waals surface area (Å²) in [5, 5.41) is 4.13. The van der Waals surface area contributed by atoms with Gasteiger partial charge in [-0.25, -0.2) is 4.98 Å². The molecule has 0 N–H and O–H groups in total. The second-order valence-corrected chi connectivity index (χ2v) is 5.44. The van der Waals surface area contributed by atoms with Crippen molar-refractivity contribution >= 4 is 33.3 Å². The fourth-order valence-corrected chi connectivity index (χ4v) is 2.98. The molecule has 3 aromatic carbocycles. The van der Waals surface area contributed by atoms with Gasteiger partial charge in [0.05, 0.1) is 16.2 Å². The van der Waals surface area contributed by atoms with Gasteiger partial charge in [-0.3, -0.25) is 0 Å². The molecule has 0 aliphatic carbocycles. The Balaban J connectivity index is 2.05. The zero-order valence-electron chi connectivity index (χ0n) is 11.3. The summed E-state index contributed by atoms with van der Waals surface area (Å²) in [7, 11) is 0. The van der Waals surface area contributed by atoms with Gasteiger partial charge in [-0.15, -0.1) is 0 Å². The minimum atomic E-state index is 0.739. The predicted molar refractivity (Wildman–Crippen MR) is 89.7 cm³/mol. The minimum Gasteiger partial charge on any atom is -0.248 e. The highest BCUT2D eigenvalue weighted by molar-refractivity contribution is 6.35. The van der Waals surface area contributed by atoms with Crippen LogP contribution in [0.3, 0.4) is 0 Å². The molecule has 0 aliphatic heterocycles. The molecule has 1 heterocycles. The lowest BCUT2D eigenvalue weighted by Crippen LogP contribution is -1.88. The highest BCUT2D eigenvalue weighted by Gasteiger charge is 2.08. The van der Waals surface area contributed by atoms with E-state index in [1.54, 1.807) is 0 Å². The lowest BCUT2D eigenvalue weighted by Gasteiger charge is -2.08. The van der Waals surface area contributed by atoms with Crippen LogP contribution in [-0.4, -0.2) is 4.98 Å². The summed E-state index contributed by atoms with van der Waals surface area (Å²) in [6.45, 7) is 0. The lowest BCUT2D eigenvalue weighted by atomic mass is 10.0. The monoisotopic (exact) mass is 289 g/mol. The zero-order valence-corrected chi connectivity index (χ0v) is 12.0. The quantitative estimate of drug-likeness (QED) is 0.437. The molecule has 0 unspecified atom stereocenters. The van der Waals surface area contributed by atoms with Crippen molar-refractivity contribution in [1.82, 2.24) is 4.98 Å². The molecule has 1 nitrogen and oxygen atoms in total. The van der Waals surface area contributed by atoms with Gasteiger partial charge in [0.2, 0.25) is 0 Å². The smallest absolute Gasteiger partial charge is 0.0730 e. The number of nitrogens with zero attached hydrogens (tertiary/aromatic N) is 1. The summed E-state index contributed by atoms with van der Waals surface area (Å²) in [6.07, 6.45) is 0. The van der Waals surface area contributed by atoms with Gasteiger partial charge in [-0.05, 0) is 22.9 Å². The number of halogens is 1. The van der Waals surface area contributed by atoms with E-state index in [0.29, 0.717) is 0 Å². The van der Waals surface area contributed by atoms with Crippen molar-refractivity contribution in [2.75, 3.05) is 0 Å². The molecule has 2 heteroatoms. The molecule has 0 saturated carbocycles. The van der Waals surface area contributed by atoms with Crippen LogP contribution in [0, 0.1) is 0 Å². The Morgan fingerprint density at radius 1 is 0.714 bits per heavy atom. The first-order valence-corrected chi connectivity index (χ1v) is 7.24. The third kappa shape index (κ3) is 2.07. The second kappa shape index (κ2) is 4.87. The Labute approximate surface area is 127 Å². The van der Waals surface area contributed by atoms with Crippen LogP contribution in [0.2, 0.25) is 5.02 Å². The maximum absolute atomic E-state index is 6.42. The summed E-state index contributed by atoms with van der Waals surface area (Å²) in [4.78, 5) is 4.77. The molecular formula is C19H12ClN. The Hall–Kier alpha value is -2.38. The molecule has 0 spiro atoms. The van der Waals surface area contributed by atoms with Gasteiger partial charge in [-0.2, -0.15) is 0 Å². The third-order valence-electron chi connectivity index (χ3n) is 3.73. The van der Waals surface area contributed by atoms with Crippen LogP contribution in [0.25, 0.3) is 32.9 Å². The average Bonchev–Trinajstić information content (AvgIpc) is 2.54. The number of pyridine rings is 1. The fraction of sp³-hybridized carbons (Fsp3) is 0. The van der Waals surface area contributed by atoms with E-state index in [9.17, 15) is 0 Å². The molecule has 4 rings (SSSR count). The zero-order chi connectivity index (χ0) is 14.2. The van der Waals surface area contributed by atoms with Gasteiger partial charge in [0, 0.05) is 10.9 Å². The Bertz CT molecular complexity index is 954. The minimum absolute atomic E-state index is 0.739. The van der Waals surface area contributed by atoms with Gasteiger partial charge in [0.1, 0.15) is 0 Å². The number of hydrogen-bond acceptors (Lipinski definition) is 1. The highest BCUT2D eigenvalue weighted by atomic mass is 35.5. The summed E-state index contributed by atoms with van der Waals surface area (Å²) in [5.74, 6) is 0. The van der Waals surface area contributed by atoms with E-state index in [4.69, 9.17) is 16.6 Å². The van der Waals surface area contributed by atoms with Gasteiger partial charge in [-0.1, -0.05) is 72.3 Å². The molecule has 0 radical (unpaired) electrons. The summed E-state index contributed by atoms with van der Waals surface area (Å²) >= 11 is 6.42. The van der Waals surface area contributed by atoms with Gasteiger partial charge in [0.25, 0.3) is 0 Å². The Morgan fingerprint density at radius 3 is 2.33 bits per heavy atom. The van der Waals surface area contributed by atoms with E-state index in [-0.39, 0.29) is 0 Å². The van der Waals surface area contributed by atoms with Crippen molar-refractivity contribution in [1.29, 1.82) is 0 Å². The summed E-state index contributed by atoms with van der Waals surface area (Å²) in [6, 6.07) is 24.5. The number of rotatable bonds is 1. The van der Waals surface area contributed by atoms with E-state index in [2.05, 4.69) is 36.4 Å². The van der Waals surface area contributed by atoms with Gasteiger partial charge >= 0.3 is 0 Å². The van der Waals surface area contributed by atoms with E-state index in [0.717, 1.165) is 27.2 Å². The van der Waals surface area contributed by atoms with Crippen molar-refractivity contribution in [3.8, 4) is 11.3 Å². The molecule has 21 heavy (non-hydrogen) atoms. The SMILES string of the molecule is Clc1cc(-c2cccc3ccccc23)nc2ccccc12. The normalized spacial score (nSPS) is 11.1. The van der Waals surface area contributed by atoms with E-state index in [1.807, 2.05) is 36.4 Å². The van der Waals surface area contributed by atoms with E-state index in [1.165, 1.54) is 10.8 Å². The third-order valence-corrected chi connectivity index (χ3v) is 4.04. The van der Waals surface area contributed by atoms with E-state index >= 15 is 0 Å². The van der Waals surface area contributed by atoms with E-state index < -0.39 is 0 Å². The Kier molecular flexibility index (Phi) is 2.87. The first-order chi connectivity index (χ1) is 10.3. The molecule has 1 aromatic heterocycles. The van der Waals surface area contributed by atoms with Crippen molar-refractivity contribution in [3.05, 3.63) is 77.8 Å². The first kappa shape index (κ1) is 12.4. The molecule has 4 aromatic rings. The number of aromatic nitrogens is 1. The van der Waals surface area contributed by atoms with Crippen LogP contribution < -0.4 is 0 Å². The van der Waals surface area contributed by atoms with Crippen molar-refractivity contribution in [3.63, 3.8) is 0 Å². The molecule has 0 bridgehead atoms. The van der Waals surface area contributed by atoms with Crippen molar-refractivity contribution < 1.29 is 0 Å². The van der Waals surface area contributed by atoms with Gasteiger partial charge in [0.15, 0.2) is 0 Å². The molecule has 0 amide bonds. The average molecular weight is 290 g/mol. The first-order valence-electron chi connectivity index (χ1n) is 6.86. The maximum Gasteiger partial charge on any atom is 0.0730 e. The predicted octanol–water partition coefficient (Wildman–Crippen LogP) is 5.71. The standard InChI is InChI=1S/C19H12ClN/c20-17-12-19(21-18-11-4-3-9-16(17)18)15-10-5-7-13-6-1-2-8-14(13)15/h1-12H. The van der Waals surface area contributed by atoms with Gasteiger partial charge < -0.3 is 0 Å². The highest BCUT2D eigenvalue weighted by Crippen LogP contribution is 2.31.